The van der Waals surface area contributed by atoms with E-state index in [1.54, 1.807) is 0 Å². The lowest BCUT2D eigenvalue weighted by Gasteiger charge is -2.11. The van der Waals surface area contributed by atoms with Gasteiger partial charge in [-0.15, -0.1) is 0 Å². The Morgan fingerprint density at radius 3 is 2.93 bits per heavy atom. The summed E-state index contributed by atoms with van der Waals surface area (Å²) in [5, 5.41) is 6.25. The molecule has 0 aromatic heterocycles. The molecular formula is C11H11BrN2O. The van der Waals surface area contributed by atoms with Gasteiger partial charge < -0.3 is 5.32 Å². The molecule has 3 nitrogen and oxygen atoms in total. The highest BCUT2D eigenvalue weighted by Gasteiger charge is 2.36. The Hall–Kier alpha value is -0.870. The number of halogens is 1. The van der Waals surface area contributed by atoms with Gasteiger partial charge in [0, 0.05) is 21.8 Å². The van der Waals surface area contributed by atoms with Gasteiger partial charge in [-0.3, -0.25) is 10.1 Å². The van der Waals surface area contributed by atoms with E-state index < -0.39 is 0 Å². The van der Waals surface area contributed by atoms with Crippen molar-refractivity contribution in [2.75, 3.05) is 5.32 Å². The molecule has 4 heteroatoms. The van der Waals surface area contributed by atoms with Crippen molar-refractivity contribution in [2.45, 2.75) is 24.9 Å². The van der Waals surface area contributed by atoms with Gasteiger partial charge in [-0.2, -0.15) is 0 Å². The van der Waals surface area contributed by atoms with Crippen LogP contribution in [0.5, 0.6) is 0 Å². The summed E-state index contributed by atoms with van der Waals surface area (Å²) in [5.41, 5.74) is 1.97. The number of carbonyl (C=O) groups excluding carboxylic acids is 1. The van der Waals surface area contributed by atoms with Crippen LogP contribution in [0.15, 0.2) is 22.7 Å². The Balaban J connectivity index is 1.99. The molecule has 0 saturated heterocycles. The van der Waals surface area contributed by atoms with E-state index in [1.807, 2.05) is 18.2 Å². The van der Waals surface area contributed by atoms with Crippen LogP contribution >= 0.6 is 15.9 Å². The normalized spacial score (nSPS) is 23.8. The number of anilines is 1. The molecule has 1 aromatic rings. The molecule has 0 radical (unpaired) electrons. The van der Waals surface area contributed by atoms with Crippen molar-refractivity contribution in [1.82, 2.24) is 5.32 Å². The van der Waals surface area contributed by atoms with Crippen LogP contribution in [0.25, 0.3) is 0 Å². The van der Waals surface area contributed by atoms with E-state index in [2.05, 4.69) is 26.6 Å². The third-order valence-electron chi connectivity index (χ3n) is 2.84. The first-order valence-corrected chi connectivity index (χ1v) is 5.90. The van der Waals surface area contributed by atoms with Crippen LogP contribution in [-0.4, -0.2) is 11.9 Å². The lowest BCUT2D eigenvalue weighted by atomic mass is 10.1. The number of carbonyl (C=O) groups is 1. The van der Waals surface area contributed by atoms with Crippen molar-refractivity contribution in [1.29, 1.82) is 0 Å². The third-order valence-corrected chi connectivity index (χ3v) is 3.53. The van der Waals surface area contributed by atoms with Crippen LogP contribution in [-0.2, 0) is 4.79 Å². The van der Waals surface area contributed by atoms with E-state index in [0.29, 0.717) is 6.04 Å². The zero-order valence-electron chi connectivity index (χ0n) is 8.09. The molecule has 1 aliphatic heterocycles. The van der Waals surface area contributed by atoms with Gasteiger partial charge in [0.15, 0.2) is 0 Å². The van der Waals surface area contributed by atoms with E-state index >= 15 is 0 Å². The van der Waals surface area contributed by atoms with Crippen molar-refractivity contribution >= 4 is 27.5 Å². The average molecular weight is 267 g/mol. The molecule has 1 heterocycles. The Bertz CT molecular complexity index is 429. The Labute approximate surface area is 96.4 Å². The largest absolute Gasteiger partial charge is 0.324 e. The lowest BCUT2D eigenvalue weighted by molar-refractivity contribution is -0.117. The van der Waals surface area contributed by atoms with Crippen molar-refractivity contribution in [3.05, 3.63) is 28.2 Å². The van der Waals surface area contributed by atoms with Crippen LogP contribution in [0.1, 0.15) is 24.4 Å². The molecule has 0 bridgehead atoms. The second-order valence-corrected chi connectivity index (χ2v) is 4.92. The monoisotopic (exact) mass is 266 g/mol. The second-order valence-electron chi connectivity index (χ2n) is 4.06. The van der Waals surface area contributed by atoms with E-state index in [1.165, 1.54) is 12.8 Å². The Morgan fingerprint density at radius 1 is 1.40 bits per heavy atom. The van der Waals surface area contributed by atoms with Crippen molar-refractivity contribution in [3.63, 3.8) is 0 Å². The summed E-state index contributed by atoms with van der Waals surface area (Å²) >= 11 is 3.49. The minimum atomic E-state index is -0.178. The first-order chi connectivity index (χ1) is 7.25. The molecule has 3 rings (SSSR count). The van der Waals surface area contributed by atoms with Crippen LogP contribution in [0.2, 0.25) is 0 Å². The van der Waals surface area contributed by atoms with E-state index in [-0.39, 0.29) is 11.9 Å². The minimum absolute atomic E-state index is 0.0591. The fraction of sp³-hybridized carbons (Fsp3) is 0.364. The molecular weight excluding hydrogens is 256 g/mol. The zero-order valence-corrected chi connectivity index (χ0v) is 9.67. The zero-order chi connectivity index (χ0) is 10.4. The molecule has 2 N–H and O–H groups in total. The first kappa shape index (κ1) is 9.36. The predicted molar refractivity (Wildman–Crippen MR) is 61.7 cm³/mol. The molecule has 78 valence electrons. The molecule has 15 heavy (non-hydrogen) atoms. The topological polar surface area (TPSA) is 41.1 Å². The number of hydrogen-bond acceptors (Lipinski definition) is 2. The van der Waals surface area contributed by atoms with Gasteiger partial charge in [0.2, 0.25) is 5.91 Å². The van der Waals surface area contributed by atoms with Gasteiger partial charge >= 0.3 is 0 Å². The maximum atomic E-state index is 11.8. The van der Waals surface area contributed by atoms with Gasteiger partial charge in [-0.05, 0) is 25.0 Å². The van der Waals surface area contributed by atoms with Crippen LogP contribution in [0, 0.1) is 0 Å². The number of hydrogen-bond donors (Lipinski definition) is 2. The van der Waals surface area contributed by atoms with Crippen LogP contribution in [0.4, 0.5) is 5.69 Å². The minimum Gasteiger partial charge on any atom is -0.324 e. The number of fused-ring (bicyclic) bond motifs is 1. The fourth-order valence-electron chi connectivity index (χ4n) is 1.92. The number of benzene rings is 1. The number of nitrogens with one attached hydrogen (secondary N) is 2. The van der Waals surface area contributed by atoms with Crippen LogP contribution in [0.3, 0.4) is 0 Å². The maximum Gasteiger partial charge on any atom is 0.246 e. The number of amides is 1. The highest BCUT2D eigenvalue weighted by molar-refractivity contribution is 9.10. The summed E-state index contributed by atoms with van der Waals surface area (Å²) in [6, 6.07) is 6.19. The predicted octanol–water partition coefficient (Wildman–Crippen LogP) is 2.19. The summed E-state index contributed by atoms with van der Waals surface area (Å²) in [5.74, 6) is 0.0591. The third kappa shape index (κ3) is 1.58. The molecule has 2 aliphatic rings. The van der Waals surface area contributed by atoms with E-state index in [4.69, 9.17) is 0 Å². The van der Waals surface area contributed by atoms with Crippen molar-refractivity contribution in [3.8, 4) is 0 Å². The van der Waals surface area contributed by atoms with Gasteiger partial charge in [0.05, 0.1) is 0 Å². The molecule has 1 aliphatic carbocycles. The molecule has 1 atom stereocenters. The molecule has 1 saturated carbocycles. The van der Waals surface area contributed by atoms with Crippen LogP contribution < -0.4 is 10.6 Å². The maximum absolute atomic E-state index is 11.8. The highest BCUT2D eigenvalue weighted by Crippen LogP contribution is 2.38. The summed E-state index contributed by atoms with van der Waals surface area (Å²) in [6.07, 6.45) is 2.37. The fourth-order valence-corrected chi connectivity index (χ4v) is 2.52. The second kappa shape index (κ2) is 3.32. The van der Waals surface area contributed by atoms with Gasteiger partial charge in [0.25, 0.3) is 0 Å². The highest BCUT2D eigenvalue weighted by atomic mass is 79.9. The van der Waals surface area contributed by atoms with Gasteiger partial charge in [-0.1, -0.05) is 22.0 Å². The molecule has 1 amide bonds. The van der Waals surface area contributed by atoms with Crippen molar-refractivity contribution < 1.29 is 4.79 Å². The summed E-state index contributed by atoms with van der Waals surface area (Å²) in [7, 11) is 0. The standard InChI is InChI=1S/C11H11BrN2O/c12-7-2-1-3-8-9(7)10(11(15)14-8)13-6-4-5-6/h1-3,6,10,13H,4-5H2,(H,14,15). The summed E-state index contributed by atoms with van der Waals surface area (Å²) in [6.45, 7) is 0. The summed E-state index contributed by atoms with van der Waals surface area (Å²) < 4.78 is 0.997. The summed E-state index contributed by atoms with van der Waals surface area (Å²) in [4.78, 5) is 11.8. The molecule has 0 spiro atoms. The van der Waals surface area contributed by atoms with E-state index in [9.17, 15) is 4.79 Å². The first-order valence-electron chi connectivity index (χ1n) is 5.11. The van der Waals surface area contributed by atoms with Crippen molar-refractivity contribution in [2.24, 2.45) is 0 Å². The van der Waals surface area contributed by atoms with Gasteiger partial charge in [-0.25, -0.2) is 0 Å². The number of rotatable bonds is 2. The van der Waals surface area contributed by atoms with E-state index in [0.717, 1.165) is 15.7 Å². The van der Waals surface area contributed by atoms with Gasteiger partial charge in [0.1, 0.15) is 6.04 Å². The Kier molecular flexibility index (Phi) is 2.07. The molecule has 1 aromatic carbocycles. The quantitative estimate of drug-likeness (QED) is 0.862. The molecule has 1 fully saturated rings. The smallest absolute Gasteiger partial charge is 0.246 e. The average Bonchev–Trinajstić information content (AvgIpc) is 2.93. The Morgan fingerprint density at radius 2 is 2.20 bits per heavy atom. The molecule has 1 unspecified atom stereocenters. The lowest BCUT2D eigenvalue weighted by Crippen LogP contribution is -2.29. The SMILES string of the molecule is O=C1Nc2cccc(Br)c2C1NC1CC1.